The van der Waals surface area contributed by atoms with Crippen molar-refractivity contribution in [3.63, 3.8) is 0 Å². The zero-order valence-corrected chi connectivity index (χ0v) is 18.6. The third kappa shape index (κ3) is 3.92. The molecule has 0 radical (unpaired) electrons. The zero-order chi connectivity index (χ0) is 21.5. The fourth-order valence-corrected chi connectivity index (χ4v) is 4.21. The first kappa shape index (κ1) is 19.7. The van der Waals surface area contributed by atoms with Gasteiger partial charge in [0.1, 0.15) is 23.4 Å². The van der Waals surface area contributed by atoms with Crippen LogP contribution in [0.3, 0.4) is 0 Å². The first-order valence-electron chi connectivity index (χ1n) is 9.84. The average Bonchev–Trinajstić information content (AvgIpc) is 3.35. The lowest BCUT2D eigenvalue weighted by Crippen LogP contribution is -3.11. The minimum atomic E-state index is -0.240. The molecule has 31 heavy (non-hydrogen) atoms. The molecule has 1 aromatic heterocycles. The maximum absolute atomic E-state index is 13.5. The van der Waals surface area contributed by atoms with Crippen molar-refractivity contribution in [1.29, 1.82) is 0 Å². The lowest BCUT2D eigenvalue weighted by molar-refractivity contribution is -0.753. The Morgan fingerprint density at radius 3 is 2.68 bits per heavy atom. The SMILES string of the molecule is Cc1ncc(-c2ccc(NC3=CN(Br)C[NH+]4C=C(c5ccc(F)cc5C)N=C34)cc2)o1. The number of quaternary nitrogens is 1. The van der Waals surface area contributed by atoms with Gasteiger partial charge in [0.25, 0.3) is 5.84 Å². The summed E-state index contributed by atoms with van der Waals surface area (Å²) in [6.45, 7) is 4.42. The lowest BCUT2D eigenvalue weighted by atomic mass is 10.1. The molecule has 0 amide bonds. The number of hydrogen-bond acceptors (Lipinski definition) is 5. The van der Waals surface area contributed by atoms with Gasteiger partial charge < -0.3 is 9.73 Å². The number of benzene rings is 2. The van der Waals surface area contributed by atoms with Gasteiger partial charge in [-0.3, -0.25) is 3.93 Å². The summed E-state index contributed by atoms with van der Waals surface area (Å²) in [5, 5.41) is 3.46. The van der Waals surface area contributed by atoms with Gasteiger partial charge in [-0.1, -0.05) is 0 Å². The Morgan fingerprint density at radius 2 is 1.97 bits per heavy atom. The molecule has 3 heterocycles. The molecular weight excluding hydrogens is 461 g/mol. The van der Waals surface area contributed by atoms with Crippen molar-refractivity contribution in [3.05, 3.63) is 89.6 Å². The highest BCUT2D eigenvalue weighted by Gasteiger charge is 2.33. The quantitative estimate of drug-likeness (QED) is 0.548. The van der Waals surface area contributed by atoms with Crippen molar-refractivity contribution in [2.24, 2.45) is 4.99 Å². The van der Waals surface area contributed by atoms with Crippen LogP contribution in [0, 0.1) is 19.7 Å². The Kier molecular flexibility index (Phi) is 4.95. The van der Waals surface area contributed by atoms with Crippen LogP contribution in [-0.2, 0) is 0 Å². The zero-order valence-electron chi connectivity index (χ0n) is 17.0. The summed E-state index contributed by atoms with van der Waals surface area (Å²) in [4.78, 5) is 10.1. The normalized spacial score (nSPS) is 17.7. The molecule has 2 aliphatic rings. The summed E-state index contributed by atoms with van der Waals surface area (Å²) in [7, 11) is 0. The van der Waals surface area contributed by atoms with E-state index in [9.17, 15) is 4.39 Å². The Labute approximate surface area is 187 Å². The van der Waals surface area contributed by atoms with E-state index in [2.05, 4.69) is 32.6 Å². The van der Waals surface area contributed by atoms with E-state index < -0.39 is 0 Å². The summed E-state index contributed by atoms with van der Waals surface area (Å²) < 4.78 is 21.1. The minimum absolute atomic E-state index is 0.240. The van der Waals surface area contributed by atoms with Gasteiger partial charge in [0.15, 0.2) is 18.3 Å². The van der Waals surface area contributed by atoms with Crippen LogP contribution in [0.15, 0.2) is 76.2 Å². The van der Waals surface area contributed by atoms with Crippen LogP contribution < -0.4 is 10.2 Å². The monoisotopic (exact) mass is 480 g/mol. The van der Waals surface area contributed by atoms with Crippen LogP contribution >= 0.6 is 16.1 Å². The molecule has 1 atom stereocenters. The van der Waals surface area contributed by atoms with Crippen molar-refractivity contribution >= 4 is 33.4 Å². The highest BCUT2D eigenvalue weighted by Crippen LogP contribution is 2.26. The predicted molar refractivity (Wildman–Crippen MR) is 122 cm³/mol. The van der Waals surface area contributed by atoms with E-state index in [0.29, 0.717) is 12.6 Å². The molecule has 0 fully saturated rings. The van der Waals surface area contributed by atoms with Crippen LogP contribution in [0.4, 0.5) is 10.1 Å². The molecule has 2 aliphatic heterocycles. The van der Waals surface area contributed by atoms with Crippen molar-refractivity contribution in [2.45, 2.75) is 13.8 Å². The Balaban J connectivity index is 1.40. The number of amidine groups is 1. The molecule has 0 spiro atoms. The fraction of sp³-hybridized carbons (Fsp3) is 0.130. The molecule has 0 saturated heterocycles. The van der Waals surface area contributed by atoms with Gasteiger partial charge in [-0.05, 0) is 55.0 Å². The Bertz CT molecular complexity index is 1250. The number of oxazole rings is 1. The number of hydrogen-bond donors (Lipinski definition) is 2. The molecule has 2 aromatic carbocycles. The Hall–Kier alpha value is -3.23. The van der Waals surface area contributed by atoms with Gasteiger partial charge in [0, 0.05) is 29.9 Å². The number of aliphatic imine (C=N–C) groups is 1. The van der Waals surface area contributed by atoms with Gasteiger partial charge >= 0.3 is 0 Å². The van der Waals surface area contributed by atoms with E-state index in [0.717, 1.165) is 50.3 Å². The molecule has 1 unspecified atom stereocenters. The maximum Gasteiger partial charge on any atom is 0.258 e. The van der Waals surface area contributed by atoms with Crippen LogP contribution in [-0.4, -0.2) is 21.4 Å². The second kappa shape index (κ2) is 7.79. The standard InChI is InChI=1S/C23H19BrFN5O/c1-14-9-17(25)5-8-19(14)20-11-29-13-30(24)12-21(23(29)28-20)27-18-6-3-16(4-7-18)22-10-26-15(2)31-22/h3-12,27H,13H2,1-2H3/p+1. The largest absolute Gasteiger partial charge is 0.441 e. The molecule has 3 aromatic rings. The van der Waals surface area contributed by atoms with E-state index in [-0.39, 0.29) is 5.82 Å². The summed E-state index contributed by atoms with van der Waals surface area (Å²) in [6, 6.07) is 12.8. The number of nitrogens with one attached hydrogen (secondary N) is 2. The molecule has 0 bridgehead atoms. The van der Waals surface area contributed by atoms with E-state index in [1.165, 1.54) is 12.1 Å². The van der Waals surface area contributed by atoms with Gasteiger partial charge in [0.05, 0.1) is 22.3 Å². The average molecular weight is 481 g/mol. The second-order valence-electron chi connectivity index (χ2n) is 7.52. The lowest BCUT2D eigenvalue weighted by Gasteiger charge is -2.25. The smallest absolute Gasteiger partial charge is 0.258 e. The number of fused-ring (bicyclic) bond motifs is 1. The van der Waals surface area contributed by atoms with Crippen molar-refractivity contribution in [3.8, 4) is 11.3 Å². The van der Waals surface area contributed by atoms with E-state index >= 15 is 0 Å². The fourth-order valence-electron chi connectivity index (χ4n) is 3.73. The highest BCUT2D eigenvalue weighted by atomic mass is 79.9. The summed E-state index contributed by atoms with van der Waals surface area (Å²) in [5.41, 5.74) is 5.42. The molecule has 0 saturated carbocycles. The molecule has 5 rings (SSSR count). The topological polar surface area (TPSA) is 58.1 Å². The minimum Gasteiger partial charge on any atom is -0.441 e. The molecule has 6 nitrogen and oxygen atoms in total. The molecule has 2 N–H and O–H groups in total. The number of nitrogens with zero attached hydrogens (tertiary/aromatic N) is 3. The van der Waals surface area contributed by atoms with Gasteiger partial charge in [-0.2, -0.15) is 4.99 Å². The number of halogens is 2. The summed E-state index contributed by atoms with van der Waals surface area (Å²) >= 11 is 3.57. The second-order valence-corrected chi connectivity index (χ2v) is 8.43. The van der Waals surface area contributed by atoms with E-state index in [1.54, 1.807) is 12.3 Å². The molecule has 0 aliphatic carbocycles. The van der Waals surface area contributed by atoms with E-state index in [4.69, 9.17) is 9.41 Å². The van der Waals surface area contributed by atoms with Crippen LogP contribution in [0.5, 0.6) is 0 Å². The van der Waals surface area contributed by atoms with Crippen molar-refractivity contribution in [1.82, 2.24) is 8.91 Å². The van der Waals surface area contributed by atoms with Gasteiger partial charge in [0.2, 0.25) is 0 Å². The molecular formula is C23H20BrFN5O+. The number of rotatable bonds is 4. The number of anilines is 1. The molecule has 156 valence electrons. The Morgan fingerprint density at radius 1 is 1.16 bits per heavy atom. The van der Waals surface area contributed by atoms with Crippen molar-refractivity contribution in [2.75, 3.05) is 12.0 Å². The first-order chi connectivity index (χ1) is 15.0. The third-order valence-corrected chi connectivity index (χ3v) is 5.68. The summed E-state index contributed by atoms with van der Waals surface area (Å²) in [6.07, 6.45) is 5.77. The third-order valence-electron chi connectivity index (χ3n) is 5.23. The van der Waals surface area contributed by atoms with Crippen LogP contribution in [0.25, 0.3) is 17.0 Å². The summed E-state index contributed by atoms with van der Waals surface area (Å²) in [5.74, 6) is 2.04. The van der Waals surface area contributed by atoms with Gasteiger partial charge in [-0.15, -0.1) is 0 Å². The number of aromatic nitrogens is 1. The first-order valence-corrected chi connectivity index (χ1v) is 10.5. The highest BCUT2D eigenvalue weighted by molar-refractivity contribution is 9.07. The molecule has 8 heteroatoms. The maximum atomic E-state index is 13.5. The van der Waals surface area contributed by atoms with E-state index in [1.807, 2.05) is 48.2 Å². The predicted octanol–water partition coefficient (Wildman–Crippen LogP) is 4.23. The van der Waals surface area contributed by atoms with Crippen molar-refractivity contribution < 1.29 is 13.7 Å². The van der Waals surface area contributed by atoms with Gasteiger partial charge in [-0.25, -0.2) is 14.3 Å². The number of aryl methyl sites for hydroxylation is 2. The van der Waals surface area contributed by atoms with Crippen LogP contribution in [0.2, 0.25) is 0 Å². The van der Waals surface area contributed by atoms with Crippen LogP contribution in [0.1, 0.15) is 17.0 Å².